The van der Waals surface area contributed by atoms with Gasteiger partial charge in [0.2, 0.25) is 5.91 Å². The van der Waals surface area contributed by atoms with E-state index in [1.807, 2.05) is 0 Å². The average Bonchev–Trinajstić information content (AvgIpc) is 2.87. The first-order valence-corrected chi connectivity index (χ1v) is 6.86. The molecule has 2 rings (SSSR count). The number of rotatable bonds is 4. The molecule has 1 atom stereocenters. The van der Waals surface area contributed by atoms with Gasteiger partial charge in [-0.15, -0.1) is 0 Å². The number of nitrogens with zero attached hydrogens (tertiary/aromatic N) is 3. The molecule has 1 aromatic rings. The van der Waals surface area contributed by atoms with E-state index in [1.165, 1.54) is 18.3 Å². The Kier molecular flexibility index (Phi) is 4.86. The van der Waals surface area contributed by atoms with Crippen molar-refractivity contribution in [3.63, 3.8) is 0 Å². The van der Waals surface area contributed by atoms with E-state index in [9.17, 15) is 18.4 Å². The third-order valence-electron chi connectivity index (χ3n) is 3.43. The van der Waals surface area contributed by atoms with Crippen molar-refractivity contribution in [3.05, 3.63) is 29.6 Å². The van der Waals surface area contributed by atoms with E-state index in [2.05, 4.69) is 10.3 Å². The molecule has 0 aliphatic carbocycles. The second-order valence-electron chi connectivity index (χ2n) is 5.15. The zero-order valence-electron chi connectivity index (χ0n) is 12.1. The van der Waals surface area contributed by atoms with Crippen LogP contribution in [-0.2, 0) is 11.3 Å². The molecule has 1 aliphatic heterocycles. The summed E-state index contributed by atoms with van der Waals surface area (Å²) in [6, 6.07) is 3.41. The summed E-state index contributed by atoms with van der Waals surface area (Å²) in [4.78, 5) is 28.6. The van der Waals surface area contributed by atoms with Gasteiger partial charge in [-0.3, -0.25) is 14.6 Å². The lowest BCUT2D eigenvalue weighted by atomic mass is 10.2. The van der Waals surface area contributed by atoms with Gasteiger partial charge in [0.05, 0.1) is 24.9 Å². The molecule has 7 nitrogen and oxygen atoms in total. The van der Waals surface area contributed by atoms with Crippen LogP contribution in [0.25, 0.3) is 0 Å². The minimum absolute atomic E-state index is 0.159. The van der Waals surface area contributed by atoms with Crippen molar-refractivity contribution < 1.29 is 18.4 Å². The zero-order chi connectivity index (χ0) is 17.0. The van der Waals surface area contributed by atoms with Crippen molar-refractivity contribution >= 4 is 11.8 Å². The Balaban J connectivity index is 1.96. The summed E-state index contributed by atoms with van der Waals surface area (Å²) in [5.41, 5.74) is 6.19. The molecule has 23 heavy (non-hydrogen) atoms. The zero-order valence-corrected chi connectivity index (χ0v) is 12.1. The summed E-state index contributed by atoms with van der Waals surface area (Å²) >= 11 is 0. The first-order chi connectivity index (χ1) is 10.9. The minimum atomic E-state index is -3.08. The number of halogens is 2. The lowest BCUT2D eigenvalue weighted by Crippen LogP contribution is -2.43. The maximum Gasteiger partial charge on any atom is 0.268 e. The van der Waals surface area contributed by atoms with E-state index in [-0.39, 0.29) is 12.1 Å². The molecule has 0 saturated carbocycles. The number of pyridine rings is 1. The van der Waals surface area contributed by atoms with Gasteiger partial charge < -0.3 is 16.0 Å². The number of likely N-dealkylation sites (tertiary alicyclic amines) is 1. The largest absolute Gasteiger partial charge is 0.343 e. The molecule has 3 N–H and O–H groups in total. The quantitative estimate of drug-likeness (QED) is 0.812. The van der Waals surface area contributed by atoms with Crippen LogP contribution in [0.3, 0.4) is 0 Å². The molecule has 1 saturated heterocycles. The standard InChI is InChI=1S/C14H15F2N5O2/c15-14(16)4-11(6-18)21(8-14)12(22)7-20-13(23)9-1-2-19-10(3-9)5-17/h1-3,11H,4-5,7-8,17H2,(H,20,23)/t11-/m0/s1. The third kappa shape index (κ3) is 3.98. The second kappa shape index (κ2) is 6.66. The van der Waals surface area contributed by atoms with Gasteiger partial charge >= 0.3 is 0 Å². The molecule has 1 aliphatic rings. The fourth-order valence-electron chi connectivity index (χ4n) is 2.28. The number of hydrogen-bond donors (Lipinski definition) is 2. The van der Waals surface area contributed by atoms with Gasteiger partial charge in [-0.05, 0) is 12.1 Å². The van der Waals surface area contributed by atoms with Gasteiger partial charge in [0, 0.05) is 24.7 Å². The summed E-state index contributed by atoms with van der Waals surface area (Å²) in [6.07, 6.45) is 0.721. The van der Waals surface area contributed by atoms with Crippen LogP contribution in [0.15, 0.2) is 18.3 Å². The first kappa shape index (κ1) is 16.8. The van der Waals surface area contributed by atoms with Crippen LogP contribution in [0.4, 0.5) is 8.78 Å². The monoisotopic (exact) mass is 323 g/mol. The SMILES string of the molecule is N#C[C@@H]1CC(F)(F)CN1C(=O)CNC(=O)c1ccnc(CN)c1. The molecule has 1 aromatic heterocycles. The summed E-state index contributed by atoms with van der Waals surface area (Å²) in [6.45, 7) is -1.12. The fourth-order valence-corrected chi connectivity index (χ4v) is 2.28. The number of amides is 2. The minimum Gasteiger partial charge on any atom is -0.343 e. The summed E-state index contributed by atoms with van der Waals surface area (Å²) in [5.74, 6) is -4.36. The molecule has 0 radical (unpaired) electrons. The van der Waals surface area contributed by atoms with Crippen LogP contribution in [0.2, 0.25) is 0 Å². The molecule has 0 aromatic carbocycles. The second-order valence-corrected chi connectivity index (χ2v) is 5.15. The molecule has 0 unspecified atom stereocenters. The fraction of sp³-hybridized carbons (Fsp3) is 0.429. The van der Waals surface area contributed by atoms with Gasteiger partial charge in [0.1, 0.15) is 6.04 Å². The van der Waals surface area contributed by atoms with Gasteiger partial charge in [0.25, 0.3) is 11.8 Å². The molecule has 2 amide bonds. The highest BCUT2D eigenvalue weighted by molar-refractivity contribution is 5.96. The van der Waals surface area contributed by atoms with Crippen LogP contribution in [0.1, 0.15) is 22.5 Å². The van der Waals surface area contributed by atoms with E-state index >= 15 is 0 Å². The maximum atomic E-state index is 13.3. The van der Waals surface area contributed by atoms with Crippen molar-refractivity contribution in [2.24, 2.45) is 5.73 Å². The Morgan fingerprint density at radius 1 is 1.57 bits per heavy atom. The highest BCUT2D eigenvalue weighted by Crippen LogP contribution is 2.31. The van der Waals surface area contributed by atoms with Gasteiger partial charge in [-0.2, -0.15) is 5.26 Å². The first-order valence-electron chi connectivity index (χ1n) is 6.86. The number of aromatic nitrogens is 1. The summed E-state index contributed by atoms with van der Waals surface area (Å²) in [7, 11) is 0. The van der Waals surface area contributed by atoms with Crippen LogP contribution in [0, 0.1) is 11.3 Å². The van der Waals surface area contributed by atoms with Crippen LogP contribution < -0.4 is 11.1 Å². The molecule has 2 heterocycles. The molecule has 1 fully saturated rings. The average molecular weight is 323 g/mol. The summed E-state index contributed by atoms with van der Waals surface area (Å²) in [5, 5.41) is 11.2. The van der Waals surface area contributed by atoms with Gasteiger partial charge in [0.15, 0.2) is 0 Å². The Hall–Kier alpha value is -2.60. The number of nitriles is 1. The van der Waals surface area contributed by atoms with E-state index < -0.39 is 43.3 Å². The van der Waals surface area contributed by atoms with Crippen molar-refractivity contribution in [1.29, 1.82) is 5.26 Å². The lowest BCUT2D eigenvalue weighted by molar-refractivity contribution is -0.131. The Morgan fingerprint density at radius 3 is 2.96 bits per heavy atom. The Bertz CT molecular complexity index is 659. The molecule has 122 valence electrons. The van der Waals surface area contributed by atoms with E-state index in [4.69, 9.17) is 11.0 Å². The highest BCUT2D eigenvalue weighted by atomic mass is 19.3. The number of alkyl halides is 2. The van der Waals surface area contributed by atoms with Crippen LogP contribution in [-0.4, -0.2) is 46.8 Å². The number of nitrogens with one attached hydrogen (secondary N) is 1. The van der Waals surface area contributed by atoms with Crippen LogP contribution >= 0.6 is 0 Å². The van der Waals surface area contributed by atoms with E-state index in [1.54, 1.807) is 6.07 Å². The predicted molar refractivity (Wildman–Crippen MR) is 75.1 cm³/mol. The maximum absolute atomic E-state index is 13.3. The molecular weight excluding hydrogens is 308 g/mol. The Labute approximate surface area is 131 Å². The normalized spacial score (nSPS) is 19.2. The number of nitrogens with two attached hydrogens (primary N) is 1. The highest BCUT2D eigenvalue weighted by Gasteiger charge is 2.47. The molecule has 0 spiro atoms. The molecule has 0 bridgehead atoms. The smallest absolute Gasteiger partial charge is 0.268 e. The lowest BCUT2D eigenvalue weighted by Gasteiger charge is -2.19. The number of carbonyl (C=O) groups excluding carboxylic acids is 2. The topological polar surface area (TPSA) is 112 Å². The van der Waals surface area contributed by atoms with Crippen molar-refractivity contribution in [2.75, 3.05) is 13.1 Å². The van der Waals surface area contributed by atoms with Gasteiger partial charge in [-0.25, -0.2) is 8.78 Å². The summed E-state index contributed by atoms with van der Waals surface area (Å²) < 4.78 is 26.6. The number of hydrogen-bond acceptors (Lipinski definition) is 5. The van der Waals surface area contributed by atoms with Crippen molar-refractivity contribution in [1.82, 2.24) is 15.2 Å². The van der Waals surface area contributed by atoms with E-state index in [0.29, 0.717) is 5.69 Å². The number of carbonyl (C=O) groups is 2. The molecule has 9 heteroatoms. The third-order valence-corrected chi connectivity index (χ3v) is 3.43. The van der Waals surface area contributed by atoms with Crippen molar-refractivity contribution in [3.8, 4) is 6.07 Å². The van der Waals surface area contributed by atoms with Gasteiger partial charge in [-0.1, -0.05) is 0 Å². The van der Waals surface area contributed by atoms with Crippen molar-refractivity contribution in [2.45, 2.75) is 24.9 Å². The Morgan fingerprint density at radius 2 is 2.30 bits per heavy atom. The predicted octanol–water partition coefficient (Wildman–Crippen LogP) is 0.0299. The van der Waals surface area contributed by atoms with Crippen LogP contribution in [0.5, 0.6) is 0 Å². The molecular formula is C14H15F2N5O2. The van der Waals surface area contributed by atoms with E-state index in [0.717, 1.165) is 4.90 Å².